The number of aromatic amines is 1. The molecule has 0 aromatic carbocycles. The van der Waals surface area contributed by atoms with Gasteiger partial charge in [0.05, 0.1) is 6.20 Å². The van der Waals surface area contributed by atoms with Crippen LogP contribution in [0.1, 0.15) is 42.4 Å². The van der Waals surface area contributed by atoms with Crippen LogP contribution in [0.25, 0.3) is 0 Å². The molecule has 18 heavy (non-hydrogen) atoms. The predicted octanol–water partition coefficient (Wildman–Crippen LogP) is 2.55. The second-order valence-electron chi connectivity index (χ2n) is 4.79. The lowest BCUT2D eigenvalue weighted by Crippen LogP contribution is -2.07. The van der Waals surface area contributed by atoms with Gasteiger partial charge in [-0.2, -0.15) is 5.10 Å². The van der Waals surface area contributed by atoms with E-state index in [1.807, 2.05) is 26.1 Å². The predicted molar refractivity (Wildman–Crippen MR) is 71.5 cm³/mol. The highest BCUT2D eigenvalue weighted by Crippen LogP contribution is 2.15. The molecule has 2 aromatic heterocycles. The fraction of sp³-hybridized carbons (Fsp3) is 0.462. The van der Waals surface area contributed by atoms with Crippen molar-refractivity contribution in [2.75, 3.05) is 5.32 Å². The Balaban J connectivity index is 2.12. The normalized spacial score (nSPS) is 10.9. The number of rotatable bonds is 4. The number of aryl methyl sites for hydroxylation is 2. The van der Waals surface area contributed by atoms with Gasteiger partial charge in [-0.3, -0.25) is 5.10 Å². The van der Waals surface area contributed by atoms with Crippen LogP contribution in [0, 0.1) is 13.8 Å². The van der Waals surface area contributed by atoms with Crippen molar-refractivity contribution in [2.24, 2.45) is 0 Å². The van der Waals surface area contributed by atoms with Crippen LogP contribution in [-0.2, 0) is 6.54 Å². The number of aromatic nitrogens is 4. The molecule has 5 heteroatoms. The minimum Gasteiger partial charge on any atom is -0.350 e. The zero-order valence-electron chi connectivity index (χ0n) is 11.3. The zero-order valence-corrected chi connectivity index (χ0v) is 11.3. The van der Waals surface area contributed by atoms with Crippen molar-refractivity contribution < 1.29 is 0 Å². The van der Waals surface area contributed by atoms with Gasteiger partial charge in [-0.05, 0) is 25.8 Å². The van der Waals surface area contributed by atoms with E-state index in [2.05, 4.69) is 39.3 Å². The third-order valence-corrected chi connectivity index (χ3v) is 2.84. The lowest BCUT2D eigenvalue weighted by Gasteiger charge is -2.09. The van der Waals surface area contributed by atoms with Gasteiger partial charge in [0.2, 0.25) is 5.95 Å². The van der Waals surface area contributed by atoms with Gasteiger partial charge in [0.1, 0.15) is 0 Å². The van der Waals surface area contributed by atoms with Crippen LogP contribution in [0.3, 0.4) is 0 Å². The highest BCUT2D eigenvalue weighted by Gasteiger charge is 2.06. The third kappa shape index (κ3) is 2.85. The van der Waals surface area contributed by atoms with Gasteiger partial charge in [-0.25, -0.2) is 9.97 Å². The van der Waals surface area contributed by atoms with E-state index >= 15 is 0 Å². The van der Waals surface area contributed by atoms with E-state index in [0.29, 0.717) is 18.4 Å². The molecule has 5 nitrogen and oxygen atoms in total. The molecule has 0 bridgehead atoms. The Morgan fingerprint density at radius 3 is 2.67 bits per heavy atom. The fourth-order valence-electron chi connectivity index (χ4n) is 1.70. The highest BCUT2D eigenvalue weighted by molar-refractivity contribution is 5.31. The van der Waals surface area contributed by atoms with Crippen molar-refractivity contribution in [2.45, 2.75) is 40.2 Å². The molecule has 0 aliphatic carbocycles. The molecule has 2 N–H and O–H groups in total. The topological polar surface area (TPSA) is 66.5 Å². The van der Waals surface area contributed by atoms with Gasteiger partial charge < -0.3 is 5.32 Å². The molecule has 96 valence electrons. The van der Waals surface area contributed by atoms with Crippen LogP contribution in [0.4, 0.5) is 5.95 Å². The molecule has 0 aliphatic rings. The Hall–Kier alpha value is -1.91. The Bertz CT molecular complexity index is 530. The van der Waals surface area contributed by atoms with Crippen LogP contribution in [0.2, 0.25) is 0 Å². The maximum atomic E-state index is 4.51. The summed E-state index contributed by atoms with van der Waals surface area (Å²) < 4.78 is 0. The van der Waals surface area contributed by atoms with Crippen LogP contribution in [0.15, 0.2) is 12.3 Å². The molecule has 0 saturated heterocycles. The number of nitrogens with one attached hydrogen (secondary N) is 2. The molecular weight excluding hydrogens is 226 g/mol. The smallest absolute Gasteiger partial charge is 0.223 e. The van der Waals surface area contributed by atoms with E-state index < -0.39 is 0 Å². The molecular formula is C13H19N5. The number of anilines is 1. The number of hydrogen-bond acceptors (Lipinski definition) is 4. The maximum Gasteiger partial charge on any atom is 0.223 e. The Morgan fingerprint density at radius 2 is 2.06 bits per heavy atom. The van der Waals surface area contributed by atoms with Gasteiger partial charge in [-0.1, -0.05) is 13.8 Å². The average Bonchev–Trinajstić information content (AvgIpc) is 2.71. The van der Waals surface area contributed by atoms with Crippen molar-refractivity contribution in [3.63, 3.8) is 0 Å². The summed E-state index contributed by atoms with van der Waals surface area (Å²) in [6.07, 6.45) is 1.82. The van der Waals surface area contributed by atoms with Crippen LogP contribution >= 0.6 is 0 Å². The van der Waals surface area contributed by atoms with Crippen molar-refractivity contribution in [1.82, 2.24) is 20.2 Å². The number of nitrogens with zero attached hydrogens (tertiary/aromatic N) is 3. The van der Waals surface area contributed by atoms with Gasteiger partial charge in [0.25, 0.3) is 0 Å². The SMILES string of the molecule is Cc1cc(C(C)C)nc(NCc2cn[nH]c2C)n1. The van der Waals surface area contributed by atoms with Crippen molar-refractivity contribution in [3.05, 3.63) is 34.9 Å². The molecule has 0 aliphatic heterocycles. The first kappa shape index (κ1) is 12.5. The summed E-state index contributed by atoms with van der Waals surface area (Å²) in [5.74, 6) is 1.09. The fourth-order valence-corrected chi connectivity index (χ4v) is 1.70. The quantitative estimate of drug-likeness (QED) is 0.868. The summed E-state index contributed by atoms with van der Waals surface area (Å²) in [5.41, 5.74) is 4.25. The summed E-state index contributed by atoms with van der Waals surface area (Å²) in [4.78, 5) is 8.90. The molecule has 0 saturated carbocycles. The van der Waals surface area contributed by atoms with Crippen LogP contribution in [0.5, 0.6) is 0 Å². The Kier molecular flexibility index (Phi) is 3.60. The standard InChI is InChI=1S/C13H19N5/c1-8(2)12-5-9(3)16-13(17-12)14-6-11-7-15-18-10(11)4/h5,7-8H,6H2,1-4H3,(H,15,18)(H,14,16,17). The molecule has 0 fully saturated rings. The van der Waals surface area contributed by atoms with E-state index in [1.54, 1.807) is 0 Å². The third-order valence-electron chi connectivity index (χ3n) is 2.84. The van der Waals surface area contributed by atoms with E-state index in [-0.39, 0.29) is 0 Å². The van der Waals surface area contributed by atoms with Gasteiger partial charge in [-0.15, -0.1) is 0 Å². The second-order valence-corrected chi connectivity index (χ2v) is 4.79. The monoisotopic (exact) mass is 245 g/mol. The lowest BCUT2D eigenvalue weighted by molar-refractivity contribution is 0.808. The first-order valence-corrected chi connectivity index (χ1v) is 6.14. The van der Waals surface area contributed by atoms with Gasteiger partial charge in [0.15, 0.2) is 0 Å². The second kappa shape index (κ2) is 5.16. The first-order valence-electron chi connectivity index (χ1n) is 6.14. The molecule has 0 spiro atoms. The number of hydrogen-bond donors (Lipinski definition) is 2. The summed E-state index contributed by atoms with van der Waals surface area (Å²) in [7, 11) is 0. The van der Waals surface area contributed by atoms with Crippen molar-refractivity contribution in [3.8, 4) is 0 Å². The minimum absolute atomic E-state index is 0.405. The summed E-state index contributed by atoms with van der Waals surface area (Å²) in [6, 6.07) is 2.03. The van der Waals surface area contributed by atoms with Gasteiger partial charge in [0, 0.05) is 29.2 Å². The van der Waals surface area contributed by atoms with Crippen LogP contribution < -0.4 is 5.32 Å². The van der Waals surface area contributed by atoms with E-state index in [4.69, 9.17) is 0 Å². The molecule has 0 amide bonds. The van der Waals surface area contributed by atoms with E-state index in [0.717, 1.165) is 22.6 Å². The largest absolute Gasteiger partial charge is 0.350 e. The van der Waals surface area contributed by atoms with Crippen LogP contribution in [-0.4, -0.2) is 20.2 Å². The molecule has 2 rings (SSSR count). The lowest BCUT2D eigenvalue weighted by atomic mass is 10.1. The molecule has 2 heterocycles. The van der Waals surface area contributed by atoms with Crippen molar-refractivity contribution >= 4 is 5.95 Å². The average molecular weight is 245 g/mol. The first-order chi connectivity index (χ1) is 8.56. The van der Waals surface area contributed by atoms with E-state index in [9.17, 15) is 0 Å². The molecule has 0 atom stereocenters. The zero-order chi connectivity index (χ0) is 13.1. The maximum absolute atomic E-state index is 4.51. The van der Waals surface area contributed by atoms with Crippen molar-refractivity contribution in [1.29, 1.82) is 0 Å². The number of H-pyrrole nitrogens is 1. The Morgan fingerprint density at radius 1 is 1.28 bits per heavy atom. The summed E-state index contributed by atoms with van der Waals surface area (Å²) in [6.45, 7) is 8.93. The van der Waals surface area contributed by atoms with E-state index in [1.165, 1.54) is 0 Å². The molecule has 0 unspecified atom stereocenters. The molecule has 2 aromatic rings. The molecule has 0 radical (unpaired) electrons. The summed E-state index contributed by atoms with van der Waals surface area (Å²) in [5, 5.41) is 10.1. The Labute approximate surface area is 107 Å². The highest BCUT2D eigenvalue weighted by atomic mass is 15.1. The summed E-state index contributed by atoms with van der Waals surface area (Å²) >= 11 is 0. The minimum atomic E-state index is 0.405. The van der Waals surface area contributed by atoms with Gasteiger partial charge >= 0.3 is 0 Å².